The highest BCUT2D eigenvalue weighted by molar-refractivity contribution is 5.57. The number of alkyl halides is 6. The third-order valence-corrected chi connectivity index (χ3v) is 8.45. The molecule has 4 heterocycles. The Kier molecular flexibility index (Phi) is 8.46. The lowest BCUT2D eigenvalue weighted by Gasteiger charge is -2.55. The fourth-order valence-corrected chi connectivity index (χ4v) is 6.62. The van der Waals surface area contributed by atoms with E-state index in [9.17, 15) is 36.2 Å². The van der Waals surface area contributed by atoms with E-state index in [1.165, 1.54) is 0 Å². The van der Waals surface area contributed by atoms with Gasteiger partial charge in [-0.1, -0.05) is 60.7 Å². The van der Waals surface area contributed by atoms with Crippen LogP contribution < -0.4 is 0 Å². The predicted octanol–water partition coefficient (Wildman–Crippen LogP) is 6.18. The van der Waals surface area contributed by atoms with Crippen LogP contribution in [-0.4, -0.2) is 67.7 Å². The van der Waals surface area contributed by atoms with Crippen LogP contribution in [0.4, 0.5) is 31.1 Å². The molecule has 3 aromatic carbocycles. The van der Waals surface area contributed by atoms with Crippen LogP contribution >= 0.6 is 0 Å². The Balaban J connectivity index is 1.40. The van der Waals surface area contributed by atoms with Gasteiger partial charge in [0.2, 0.25) is 0 Å². The molecule has 1 aromatic heterocycles. The maximum absolute atomic E-state index is 14.0. The summed E-state index contributed by atoms with van der Waals surface area (Å²) < 4.78 is 94.3. The highest BCUT2D eigenvalue weighted by Gasteiger charge is 2.53. The minimum atomic E-state index is -5.03. The average molecular weight is 648 g/mol. The normalized spacial score (nSPS) is 23.1. The van der Waals surface area contributed by atoms with Crippen molar-refractivity contribution in [2.45, 2.75) is 49.5 Å². The molecule has 5 atom stereocenters. The summed E-state index contributed by atoms with van der Waals surface area (Å²) in [5.74, 6) is -2.30. The first kappa shape index (κ1) is 31.5. The summed E-state index contributed by atoms with van der Waals surface area (Å²) in [4.78, 5) is 13.7. The third kappa shape index (κ3) is 6.42. The molecule has 242 valence electrons. The maximum atomic E-state index is 14.0. The summed E-state index contributed by atoms with van der Waals surface area (Å²) in [6, 6.07) is 21.3. The van der Waals surface area contributed by atoms with Crippen molar-refractivity contribution in [2.24, 2.45) is 5.92 Å². The second kappa shape index (κ2) is 12.4. The number of carbonyl (C=O) groups is 1. The lowest BCUT2D eigenvalue weighted by Crippen LogP contribution is -2.66. The van der Waals surface area contributed by atoms with Crippen LogP contribution in [-0.2, 0) is 28.4 Å². The largest absolute Gasteiger partial charge is 0.506 e. The van der Waals surface area contributed by atoms with Crippen LogP contribution in [0, 0.1) is 5.92 Å². The fraction of sp³-hybridized carbons (Fsp3) is 0.355. The smallest absolute Gasteiger partial charge is 0.450 e. The number of rotatable bonds is 8. The van der Waals surface area contributed by atoms with Gasteiger partial charge in [0.15, 0.2) is 0 Å². The highest BCUT2D eigenvalue weighted by atomic mass is 19.4. The van der Waals surface area contributed by atoms with Gasteiger partial charge in [0.25, 0.3) is 5.82 Å². The van der Waals surface area contributed by atoms with E-state index < -0.39 is 60.3 Å². The maximum Gasteiger partial charge on any atom is 0.506 e. The van der Waals surface area contributed by atoms with Crippen molar-refractivity contribution in [1.29, 1.82) is 0 Å². The van der Waals surface area contributed by atoms with Gasteiger partial charge in [-0.25, -0.2) is 4.79 Å². The molecule has 2 bridgehead atoms. The number of ether oxygens (including phenoxy) is 2. The quantitative estimate of drug-likeness (QED) is 0.179. The van der Waals surface area contributed by atoms with Crippen molar-refractivity contribution < 1.29 is 45.7 Å². The number of hydrogen-bond acceptors (Lipinski definition) is 7. The van der Waals surface area contributed by atoms with Crippen LogP contribution in [0.25, 0.3) is 5.69 Å². The van der Waals surface area contributed by atoms with E-state index in [-0.39, 0.29) is 22.2 Å². The Labute approximate surface area is 258 Å². The molecule has 3 saturated heterocycles. The predicted molar refractivity (Wildman–Crippen MR) is 149 cm³/mol. The van der Waals surface area contributed by atoms with Crippen LogP contribution in [0.5, 0.6) is 0 Å². The molecule has 15 heteroatoms. The number of tetrazole rings is 1. The van der Waals surface area contributed by atoms with Crippen molar-refractivity contribution >= 4 is 6.16 Å². The number of carboxylic acid groups (broad SMARTS) is 1. The zero-order chi connectivity index (χ0) is 32.6. The van der Waals surface area contributed by atoms with Crippen LogP contribution in [0.3, 0.4) is 0 Å². The van der Waals surface area contributed by atoms with Gasteiger partial charge in [-0.15, -0.1) is 5.10 Å². The van der Waals surface area contributed by atoms with E-state index in [2.05, 4.69) is 20.4 Å². The molecule has 0 spiro atoms. The molecular weight excluding hydrogens is 620 g/mol. The number of piperidine rings is 3. The van der Waals surface area contributed by atoms with E-state index >= 15 is 0 Å². The van der Waals surface area contributed by atoms with E-state index in [1.54, 1.807) is 0 Å². The second-order valence-electron chi connectivity index (χ2n) is 11.2. The van der Waals surface area contributed by atoms with Gasteiger partial charge in [-0.2, -0.15) is 31.0 Å². The molecule has 0 amide bonds. The van der Waals surface area contributed by atoms with E-state index in [0.29, 0.717) is 25.6 Å². The number of benzene rings is 3. The molecule has 0 radical (unpaired) electrons. The Morgan fingerprint density at radius 1 is 0.935 bits per heavy atom. The van der Waals surface area contributed by atoms with Crippen LogP contribution in [0.15, 0.2) is 78.9 Å². The zero-order valence-corrected chi connectivity index (χ0v) is 23.9. The molecule has 0 aliphatic carbocycles. The lowest BCUT2D eigenvalue weighted by atomic mass is 9.70. The molecule has 3 aliphatic rings. The minimum Gasteiger partial charge on any atom is -0.450 e. The summed E-state index contributed by atoms with van der Waals surface area (Å²) in [6.45, 7) is 0.477. The van der Waals surface area contributed by atoms with Gasteiger partial charge < -0.3 is 14.6 Å². The van der Waals surface area contributed by atoms with E-state index in [1.807, 2.05) is 60.7 Å². The zero-order valence-electron chi connectivity index (χ0n) is 23.9. The summed E-state index contributed by atoms with van der Waals surface area (Å²) in [5.41, 5.74) is 0.0758. The Bertz CT molecular complexity index is 1630. The van der Waals surface area contributed by atoms with Crippen LogP contribution in [0.1, 0.15) is 40.4 Å². The molecule has 7 rings (SSSR count). The van der Waals surface area contributed by atoms with Gasteiger partial charge in [0.05, 0.1) is 24.0 Å². The summed E-state index contributed by atoms with van der Waals surface area (Å²) >= 11 is 0. The highest BCUT2D eigenvalue weighted by Crippen LogP contribution is 2.45. The SMILES string of the molecule is O=C(O)O[C@H]1CN2CC[C@@H]1[C@H](OCc1cc(-n3nnnc3C(F)(F)F)cc(C(F)(F)F)c1)[C@@H]2C(c1ccccc1)c1ccccc1. The van der Waals surface area contributed by atoms with Gasteiger partial charge in [-0.3, -0.25) is 4.90 Å². The molecule has 3 fully saturated rings. The fourth-order valence-electron chi connectivity index (χ4n) is 6.62. The average Bonchev–Trinajstić information content (AvgIpc) is 3.53. The first-order chi connectivity index (χ1) is 21.9. The molecule has 1 unspecified atom stereocenters. The third-order valence-electron chi connectivity index (χ3n) is 8.45. The molecule has 0 saturated carbocycles. The van der Waals surface area contributed by atoms with Gasteiger partial charge in [0, 0.05) is 24.4 Å². The topological polar surface area (TPSA) is 103 Å². The van der Waals surface area contributed by atoms with Gasteiger partial charge >= 0.3 is 18.5 Å². The van der Waals surface area contributed by atoms with Crippen molar-refractivity contribution in [3.05, 3.63) is 107 Å². The van der Waals surface area contributed by atoms with Gasteiger partial charge in [0.1, 0.15) is 6.10 Å². The summed E-state index contributed by atoms with van der Waals surface area (Å²) in [6.07, 6.45) is -12.4. The van der Waals surface area contributed by atoms with E-state index in [0.717, 1.165) is 23.3 Å². The molecule has 1 N–H and O–H groups in total. The number of halogens is 6. The Hall–Kier alpha value is -4.50. The number of aromatic nitrogens is 4. The monoisotopic (exact) mass is 647 g/mol. The molecule has 4 aromatic rings. The Morgan fingerprint density at radius 2 is 1.59 bits per heavy atom. The number of hydrogen-bond donors (Lipinski definition) is 1. The Morgan fingerprint density at radius 3 is 2.17 bits per heavy atom. The van der Waals surface area contributed by atoms with Crippen molar-refractivity contribution in [3.8, 4) is 5.69 Å². The van der Waals surface area contributed by atoms with Crippen molar-refractivity contribution in [3.63, 3.8) is 0 Å². The first-order valence-corrected chi connectivity index (χ1v) is 14.3. The second-order valence-corrected chi connectivity index (χ2v) is 11.2. The first-order valence-electron chi connectivity index (χ1n) is 14.3. The summed E-state index contributed by atoms with van der Waals surface area (Å²) in [7, 11) is 0. The van der Waals surface area contributed by atoms with Crippen molar-refractivity contribution in [1.82, 2.24) is 25.1 Å². The molecule has 46 heavy (non-hydrogen) atoms. The standard InChI is InChI=1S/C31H27F6N5O4/c32-30(33,34)21-13-18(14-22(15-21)42-28(31(35,36)37)38-39-40-42)17-45-27-23-11-12-41(16-24(23)46-29(43)44)26(27)25(19-7-3-1-4-8-19)20-9-5-2-6-10-20/h1-10,13-15,23-27H,11-12,16-17H2,(H,43,44)/t23-,24-,26-,27-/m0/s1. The molecule has 9 nitrogen and oxygen atoms in total. The number of nitrogens with zero attached hydrogens (tertiary/aromatic N) is 5. The van der Waals surface area contributed by atoms with Gasteiger partial charge in [-0.05, 0) is 58.3 Å². The molecular formula is C31H27F6N5O4. The lowest BCUT2D eigenvalue weighted by molar-refractivity contribution is -0.169. The van der Waals surface area contributed by atoms with E-state index in [4.69, 9.17) is 9.47 Å². The van der Waals surface area contributed by atoms with Crippen molar-refractivity contribution in [2.75, 3.05) is 13.1 Å². The minimum absolute atomic E-state index is 0.0738. The number of fused-ring (bicyclic) bond motifs is 3. The molecule has 3 aliphatic heterocycles. The van der Waals surface area contributed by atoms with Crippen LogP contribution in [0.2, 0.25) is 0 Å². The summed E-state index contributed by atoms with van der Waals surface area (Å²) in [5, 5.41) is 18.7.